The molecule has 1 saturated carbocycles. The zero-order valence-electron chi connectivity index (χ0n) is 16.6. The Bertz CT molecular complexity index is 412. The first-order valence-corrected chi connectivity index (χ1v) is 10.1. The second-order valence-corrected chi connectivity index (χ2v) is 7.85. The smallest absolute Gasteiger partial charge is 0.306 e. The van der Waals surface area contributed by atoms with Crippen molar-refractivity contribution < 1.29 is 14.3 Å². The van der Waals surface area contributed by atoms with Gasteiger partial charge >= 0.3 is 5.97 Å². The van der Waals surface area contributed by atoms with Gasteiger partial charge in [0.25, 0.3) is 0 Å². The SMILES string of the molecule is CCC[C@@H](CN[C@@H](CC)C(N)=O)CC(=O)O[C@@H]1CCCCC1C(C)C. The number of hydrogen-bond donors (Lipinski definition) is 2. The van der Waals surface area contributed by atoms with Crippen LogP contribution in [-0.2, 0) is 14.3 Å². The lowest BCUT2D eigenvalue weighted by Crippen LogP contribution is -2.43. The number of esters is 1. The number of carbonyl (C=O) groups excluding carboxylic acids is 2. The fraction of sp³-hybridized carbons (Fsp3) is 0.900. The lowest BCUT2D eigenvalue weighted by atomic mass is 9.79. The molecular weight excluding hydrogens is 316 g/mol. The van der Waals surface area contributed by atoms with E-state index in [0.29, 0.717) is 31.2 Å². The highest BCUT2D eigenvalue weighted by Gasteiger charge is 2.31. The molecule has 1 aliphatic rings. The Morgan fingerprint density at radius 1 is 1.20 bits per heavy atom. The number of carbonyl (C=O) groups is 2. The lowest BCUT2D eigenvalue weighted by Gasteiger charge is -2.34. The summed E-state index contributed by atoms with van der Waals surface area (Å²) in [5, 5.41) is 3.21. The summed E-state index contributed by atoms with van der Waals surface area (Å²) in [7, 11) is 0. The Hall–Kier alpha value is -1.10. The van der Waals surface area contributed by atoms with E-state index in [4.69, 9.17) is 10.5 Å². The summed E-state index contributed by atoms with van der Waals surface area (Å²) in [6, 6.07) is -0.320. The molecule has 146 valence electrons. The summed E-state index contributed by atoms with van der Waals surface area (Å²) in [6.45, 7) is 9.10. The van der Waals surface area contributed by atoms with Crippen molar-refractivity contribution in [3.05, 3.63) is 0 Å². The highest BCUT2D eigenvalue weighted by molar-refractivity contribution is 5.79. The summed E-state index contributed by atoms with van der Waals surface area (Å²) in [6.07, 6.45) is 7.64. The lowest BCUT2D eigenvalue weighted by molar-refractivity contribution is -0.156. The number of amides is 1. The Kier molecular flexibility index (Phi) is 10.1. The molecule has 5 heteroatoms. The van der Waals surface area contributed by atoms with Crippen LogP contribution >= 0.6 is 0 Å². The maximum Gasteiger partial charge on any atom is 0.306 e. The van der Waals surface area contributed by atoms with Gasteiger partial charge in [-0.2, -0.15) is 0 Å². The molecule has 4 atom stereocenters. The standard InChI is InChI=1S/C20H38N2O3/c1-5-9-15(13-22-17(6-2)20(21)24)12-19(23)25-18-11-8-7-10-16(18)14(3)4/h14-18,22H,5-13H2,1-4H3,(H2,21,24)/t15-,16?,17+,18-/m1/s1. The van der Waals surface area contributed by atoms with Crippen molar-refractivity contribution in [3.63, 3.8) is 0 Å². The third-order valence-electron chi connectivity index (χ3n) is 5.45. The Morgan fingerprint density at radius 3 is 2.44 bits per heavy atom. The average Bonchev–Trinajstić information content (AvgIpc) is 2.55. The van der Waals surface area contributed by atoms with Crippen LogP contribution in [0.2, 0.25) is 0 Å². The van der Waals surface area contributed by atoms with Gasteiger partial charge < -0.3 is 15.8 Å². The van der Waals surface area contributed by atoms with Gasteiger partial charge in [-0.3, -0.25) is 9.59 Å². The summed E-state index contributed by atoms with van der Waals surface area (Å²) < 4.78 is 5.86. The molecule has 1 rings (SSSR count). The Morgan fingerprint density at radius 2 is 1.88 bits per heavy atom. The molecule has 25 heavy (non-hydrogen) atoms. The molecule has 1 aliphatic carbocycles. The minimum atomic E-state index is -0.331. The molecule has 0 aromatic carbocycles. The van der Waals surface area contributed by atoms with Crippen molar-refractivity contribution in [1.82, 2.24) is 5.32 Å². The van der Waals surface area contributed by atoms with Gasteiger partial charge in [0.05, 0.1) is 6.04 Å². The van der Waals surface area contributed by atoms with Gasteiger partial charge in [0, 0.05) is 6.42 Å². The maximum atomic E-state index is 12.5. The van der Waals surface area contributed by atoms with E-state index in [1.54, 1.807) is 0 Å². The summed E-state index contributed by atoms with van der Waals surface area (Å²) in [5.74, 6) is 0.797. The second-order valence-electron chi connectivity index (χ2n) is 7.85. The van der Waals surface area contributed by atoms with Crippen LogP contribution in [0.25, 0.3) is 0 Å². The molecule has 5 nitrogen and oxygen atoms in total. The number of nitrogens with two attached hydrogens (primary N) is 1. The van der Waals surface area contributed by atoms with Gasteiger partial charge in [-0.05, 0) is 56.4 Å². The van der Waals surface area contributed by atoms with E-state index < -0.39 is 0 Å². The molecule has 0 spiro atoms. The van der Waals surface area contributed by atoms with Crippen molar-refractivity contribution in [2.24, 2.45) is 23.5 Å². The van der Waals surface area contributed by atoms with Crippen LogP contribution in [0, 0.1) is 17.8 Å². The predicted octanol–water partition coefficient (Wildman–Crippen LogP) is 3.40. The van der Waals surface area contributed by atoms with Crippen molar-refractivity contribution in [3.8, 4) is 0 Å². The van der Waals surface area contributed by atoms with E-state index in [1.807, 2.05) is 6.92 Å². The molecule has 1 fully saturated rings. The van der Waals surface area contributed by atoms with E-state index in [0.717, 1.165) is 32.1 Å². The Labute approximate surface area is 153 Å². The minimum absolute atomic E-state index is 0.0745. The third kappa shape index (κ3) is 7.76. The van der Waals surface area contributed by atoms with E-state index >= 15 is 0 Å². The second kappa shape index (κ2) is 11.5. The number of rotatable bonds is 11. The predicted molar refractivity (Wildman–Crippen MR) is 101 cm³/mol. The van der Waals surface area contributed by atoms with Crippen LogP contribution in [0.5, 0.6) is 0 Å². The maximum absolute atomic E-state index is 12.5. The van der Waals surface area contributed by atoms with E-state index in [9.17, 15) is 9.59 Å². The van der Waals surface area contributed by atoms with E-state index in [1.165, 1.54) is 6.42 Å². The summed E-state index contributed by atoms with van der Waals surface area (Å²) in [5.41, 5.74) is 5.38. The van der Waals surface area contributed by atoms with Gasteiger partial charge in [-0.25, -0.2) is 0 Å². The first-order valence-electron chi connectivity index (χ1n) is 10.1. The molecule has 3 N–H and O–H groups in total. The third-order valence-corrected chi connectivity index (χ3v) is 5.45. The molecule has 0 aromatic rings. The first-order chi connectivity index (χ1) is 11.9. The quantitative estimate of drug-likeness (QED) is 0.557. The zero-order chi connectivity index (χ0) is 18.8. The molecule has 0 heterocycles. The monoisotopic (exact) mass is 354 g/mol. The van der Waals surface area contributed by atoms with Gasteiger partial charge in [-0.1, -0.05) is 40.5 Å². The normalized spacial score (nSPS) is 23.2. The number of hydrogen-bond acceptors (Lipinski definition) is 4. The van der Waals surface area contributed by atoms with E-state index in [2.05, 4.69) is 26.1 Å². The van der Waals surface area contributed by atoms with Gasteiger partial charge in [0.1, 0.15) is 6.10 Å². The molecule has 0 aliphatic heterocycles. The van der Waals surface area contributed by atoms with Crippen LogP contribution in [0.15, 0.2) is 0 Å². The first kappa shape index (κ1) is 21.9. The fourth-order valence-corrected chi connectivity index (χ4v) is 3.93. The van der Waals surface area contributed by atoms with Crippen LogP contribution in [0.3, 0.4) is 0 Å². The Balaban J connectivity index is 2.52. The molecule has 0 radical (unpaired) electrons. The highest BCUT2D eigenvalue weighted by atomic mass is 16.5. The molecule has 1 unspecified atom stereocenters. The highest BCUT2D eigenvalue weighted by Crippen LogP contribution is 2.32. The van der Waals surface area contributed by atoms with Crippen molar-refractivity contribution in [2.75, 3.05) is 6.54 Å². The van der Waals surface area contributed by atoms with Gasteiger partial charge in [-0.15, -0.1) is 0 Å². The fourth-order valence-electron chi connectivity index (χ4n) is 3.93. The van der Waals surface area contributed by atoms with E-state index in [-0.39, 0.29) is 29.9 Å². The number of primary amides is 1. The van der Waals surface area contributed by atoms with Gasteiger partial charge in [0.15, 0.2) is 0 Å². The molecule has 0 aromatic heterocycles. The van der Waals surface area contributed by atoms with Crippen LogP contribution in [0.1, 0.15) is 79.1 Å². The van der Waals surface area contributed by atoms with Crippen LogP contribution in [-0.4, -0.2) is 30.6 Å². The average molecular weight is 355 g/mol. The molecule has 0 bridgehead atoms. The zero-order valence-corrected chi connectivity index (χ0v) is 16.6. The molecule has 1 amide bonds. The largest absolute Gasteiger partial charge is 0.462 e. The number of nitrogens with one attached hydrogen (secondary N) is 1. The summed E-state index contributed by atoms with van der Waals surface area (Å²) >= 11 is 0. The molecular formula is C20H38N2O3. The van der Waals surface area contributed by atoms with Gasteiger partial charge in [0.2, 0.25) is 5.91 Å². The topological polar surface area (TPSA) is 81.4 Å². The molecule has 0 saturated heterocycles. The van der Waals surface area contributed by atoms with Crippen LogP contribution in [0.4, 0.5) is 0 Å². The van der Waals surface area contributed by atoms with Crippen molar-refractivity contribution in [2.45, 2.75) is 91.2 Å². The van der Waals surface area contributed by atoms with Crippen molar-refractivity contribution >= 4 is 11.9 Å². The minimum Gasteiger partial charge on any atom is -0.462 e. The summed E-state index contributed by atoms with van der Waals surface area (Å²) in [4.78, 5) is 23.8. The van der Waals surface area contributed by atoms with Crippen molar-refractivity contribution in [1.29, 1.82) is 0 Å². The number of ether oxygens (including phenoxy) is 1. The van der Waals surface area contributed by atoms with Crippen LogP contribution < -0.4 is 11.1 Å².